The first kappa shape index (κ1) is 14.6. The van der Waals surface area contributed by atoms with Crippen LogP contribution in [-0.4, -0.2) is 31.1 Å². The van der Waals surface area contributed by atoms with Crippen molar-refractivity contribution in [2.45, 2.75) is 12.8 Å². The van der Waals surface area contributed by atoms with E-state index in [2.05, 4.69) is 9.47 Å². The van der Waals surface area contributed by atoms with Crippen molar-refractivity contribution >= 4 is 17.6 Å². The molecule has 0 fully saturated rings. The summed E-state index contributed by atoms with van der Waals surface area (Å²) in [6.07, 6.45) is 0. The van der Waals surface area contributed by atoms with E-state index >= 15 is 0 Å². The van der Waals surface area contributed by atoms with Crippen molar-refractivity contribution in [1.29, 1.82) is 0 Å². The van der Waals surface area contributed by atoms with Gasteiger partial charge in [-0.15, -0.1) is 0 Å². The molecular formula is C12H13NO6. The molecule has 0 bridgehead atoms. The molecule has 1 rings (SSSR count). The topological polar surface area (TPSA) is 95.7 Å². The molecule has 0 unspecified atom stereocenters. The van der Waals surface area contributed by atoms with E-state index in [1.54, 1.807) is 13.0 Å². The van der Waals surface area contributed by atoms with E-state index in [4.69, 9.17) is 0 Å². The number of hydrogen-bond donors (Lipinski definition) is 0. The summed E-state index contributed by atoms with van der Waals surface area (Å²) in [5, 5.41) is 11.0. The second kappa shape index (κ2) is 5.94. The van der Waals surface area contributed by atoms with Crippen LogP contribution >= 0.6 is 0 Å². The molecule has 1 aromatic rings. The minimum absolute atomic E-state index is 0.0469. The SMILES string of the molecule is COC(=O)C(C(=O)OC)c1ccc(C)cc1[N+](=O)[O-]. The lowest BCUT2D eigenvalue weighted by Crippen LogP contribution is -2.25. The number of nitro groups is 1. The third-order valence-corrected chi connectivity index (χ3v) is 2.57. The van der Waals surface area contributed by atoms with Gasteiger partial charge in [0.1, 0.15) is 0 Å². The molecule has 0 heterocycles. The van der Waals surface area contributed by atoms with Crippen molar-refractivity contribution in [3.8, 4) is 0 Å². The molecule has 0 aliphatic carbocycles. The molecule has 0 saturated carbocycles. The Morgan fingerprint density at radius 2 is 1.74 bits per heavy atom. The third kappa shape index (κ3) is 3.06. The van der Waals surface area contributed by atoms with Gasteiger partial charge in [-0.25, -0.2) is 0 Å². The highest BCUT2D eigenvalue weighted by atomic mass is 16.6. The summed E-state index contributed by atoms with van der Waals surface area (Å²) >= 11 is 0. The van der Waals surface area contributed by atoms with Crippen LogP contribution in [0.25, 0.3) is 0 Å². The molecule has 0 amide bonds. The molecule has 7 heteroatoms. The number of methoxy groups -OCH3 is 2. The van der Waals surface area contributed by atoms with Gasteiger partial charge in [0.2, 0.25) is 0 Å². The molecule has 0 spiro atoms. The largest absolute Gasteiger partial charge is 0.468 e. The lowest BCUT2D eigenvalue weighted by molar-refractivity contribution is -0.385. The van der Waals surface area contributed by atoms with E-state index in [0.717, 1.165) is 14.2 Å². The third-order valence-electron chi connectivity index (χ3n) is 2.57. The second-order valence-electron chi connectivity index (χ2n) is 3.80. The minimum atomic E-state index is -1.46. The monoisotopic (exact) mass is 267 g/mol. The molecule has 0 aliphatic rings. The average Bonchev–Trinajstić information content (AvgIpc) is 2.39. The number of nitro benzene ring substituents is 1. The summed E-state index contributed by atoms with van der Waals surface area (Å²) in [5.41, 5.74) is 0.277. The Hall–Kier alpha value is -2.44. The van der Waals surface area contributed by atoms with Crippen molar-refractivity contribution in [2.24, 2.45) is 0 Å². The fraction of sp³-hybridized carbons (Fsp3) is 0.333. The molecule has 0 N–H and O–H groups in total. The van der Waals surface area contributed by atoms with Crippen LogP contribution in [0.15, 0.2) is 18.2 Å². The predicted molar refractivity (Wildman–Crippen MR) is 64.6 cm³/mol. The maximum Gasteiger partial charge on any atom is 0.324 e. The zero-order chi connectivity index (χ0) is 14.6. The first-order valence-corrected chi connectivity index (χ1v) is 5.33. The van der Waals surface area contributed by atoms with Crippen LogP contribution in [0, 0.1) is 17.0 Å². The summed E-state index contributed by atoms with van der Waals surface area (Å²) < 4.78 is 8.98. The smallest absolute Gasteiger partial charge is 0.324 e. The van der Waals surface area contributed by atoms with E-state index in [0.29, 0.717) is 5.56 Å². The van der Waals surface area contributed by atoms with Crippen LogP contribution in [0.2, 0.25) is 0 Å². The molecule has 0 aromatic heterocycles. The zero-order valence-corrected chi connectivity index (χ0v) is 10.7. The van der Waals surface area contributed by atoms with Crippen LogP contribution in [0.3, 0.4) is 0 Å². The fourth-order valence-electron chi connectivity index (χ4n) is 1.64. The Bertz CT molecular complexity index is 509. The van der Waals surface area contributed by atoms with E-state index in [-0.39, 0.29) is 11.3 Å². The molecule has 0 radical (unpaired) electrons. The minimum Gasteiger partial charge on any atom is -0.468 e. The van der Waals surface area contributed by atoms with E-state index in [1.165, 1.54) is 12.1 Å². The van der Waals surface area contributed by atoms with Crippen molar-refractivity contribution in [2.75, 3.05) is 14.2 Å². The second-order valence-corrected chi connectivity index (χ2v) is 3.80. The molecule has 0 atom stereocenters. The lowest BCUT2D eigenvalue weighted by atomic mass is 9.96. The van der Waals surface area contributed by atoms with Crippen LogP contribution in [0.4, 0.5) is 5.69 Å². The van der Waals surface area contributed by atoms with Crippen molar-refractivity contribution in [3.05, 3.63) is 39.4 Å². The number of ether oxygens (including phenoxy) is 2. The number of carbonyl (C=O) groups is 2. The van der Waals surface area contributed by atoms with Gasteiger partial charge in [-0.2, -0.15) is 0 Å². The number of nitrogens with zero attached hydrogens (tertiary/aromatic N) is 1. The maximum atomic E-state index is 11.6. The molecule has 7 nitrogen and oxygen atoms in total. The van der Waals surface area contributed by atoms with E-state index in [9.17, 15) is 19.7 Å². The summed E-state index contributed by atoms with van der Waals surface area (Å²) in [4.78, 5) is 33.6. The number of rotatable bonds is 4. The lowest BCUT2D eigenvalue weighted by Gasteiger charge is -2.13. The Kier molecular flexibility index (Phi) is 4.57. The fourth-order valence-corrected chi connectivity index (χ4v) is 1.64. The van der Waals surface area contributed by atoms with Crippen LogP contribution in [-0.2, 0) is 19.1 Å². The number of carbonyl (C=O) groups excluding carboxylic acids is 2. The van der Waals surface area contributed by atoms with Gasteiger partial charge in [0, 0.05) is 6.07 Å². The van der Waals surface area contributed by atoms with Crippen LogP contribution in [0.5, 0.6) is 0 Å². The van der Waals surface area contributed by atoms with Crippen molar-refractivity contribution < 1.29 is 24.0 Å². The summed E-state index contributed by atoms with van der Waals surface area (Å²) in [7, 11) is 2.19. The molecule has 0 saturated heterocycles. The Balaban J connectivity index is 3.41. The molecule has 0 aliphatic heterocycles. The Morgan fingerprint density at radius 3 is 2.16 bits per heavy atom. The standard InChI is InChI=1S/C12H13NO6/c1-7-4-5-8(9(6-7)13(16)17)10(11(14)18-2)12(15)19-3/h4-6,10H,1-3H3. The summed E-state index contributed by atoms with van der Waals surface area (Å²) in [6.45, 7) is 1.67. The van der Waals surface area contributed by atoms with Gasteiger partial charge in [0.05, 0.1) is 24.7 Å². The predicted octanol–water partition coefficient (Wildman–Crippen LogP) is 1.33. The van der Waals surface area contributed by atoms with Crippen molar-refractivity contribution in [3.63, 3.8) is 0 Å². The van der Waals surface area contributed by atoms with Gasteiger partial charge in [-0.05, 0) is 12.5 Å². The highest BCUT2D eigenvalue weighted by Gasteiger charge is 2.35. The van der Waals surface area contributed by atoms with Crippen LogP contribution in [0.1, 0.15) is 17.0 Å². The maximum absolute atomic E-state index is 11.6. The number of hydrogen-bond acceptors (Lipinski definition) is 6. The highest BCUT2D eigenvalue weighted by Crippen LogP contribution is 2.29. The number of esters is 2. The van der Waals surface area contributed by atoms with Gasteiger partial charge >= 0.3 is 11.9 Å². The number of aryl methyl sites for hydroxylation is 1. The first-order chi connectivity index (χ1) is 8.92. The van der Waals surface area contributed by atoms with Crippen LogP contribution < -0.4 is 0 Å². The van der Waals surface area contributed by atoms with E-state index in [1.807, 2.05) is 0 Å². The van der Waals surface area contributed by atoms with Crippen molar-refractivity contribution in [1.82, 2.24) is 0 Å². The molecule has 102 valence electrons. The summed E-state index contributed by atoms with van der Waals surface area (Å²) in [5.74, 6) is -3.27. The van der Waals surface area contributed by atoms with Gasteiger partial charge < -0.3 is 9.47 Å². The van der Waals surface area contributed by atoms with Gasteiger partial charge in [-0.1, -0.05) is 12.1 Å². The zero-order valence-electron chi connectivity index (χ0n) is 10.7. The number of benzene rings is 1. The molecule has 19 heavy (non-hydrogen) atoms. The summed E-state index contributed by atoms with van der Waals surface area (Å²) in [6, 6.07) is 4.21. The first-order valence-electron chi connectivity index (χ1n) is 5.33. The van der Waals surface area contributed by atoms with E-state index < -0.39 is 22.8 Å². The molecule has 1 aromatic carbocycles. The molecular weight excluding hydrogens is 254 g/mol. The quantitative estimate of drug-likeness (QED) is 0.353. The van der Waals surface area contributed by atoms with Gasteiger partial charge in [0.25, 0.3) is 5.69 Å². The van der Waals surface area contributed by atoms with Gasteiger partial charge in [0.15, 0.2) is 5.92 Å². The normalized spacial score (nSPS) is 10.1. The highest BCUT2D eigenvalue weighted by molar-refractivity contribution is 6.01. The van der Waals surface area contributed by atoms with Gasteiger partial charge in [-0.3, -0.25) is 19.7 Å². The average molecular weight is 267 g/mol. The Morgan fingerprint density at radius 1 is 1.21 bits per heavy atom. The Labute approximate surface area is 109 Å².